The van der Waals surface area contributed by atoms with Crippen molar-refractivity contribution in [2.75, 3.05) is 6.54 Å². The molecule has 1 aliphatic rings. The number of ketones is 1. The van der Waals surface area contributed by atoms with Crippen molar-refractivity contribution < 1.29 is 9.59 Å². The zero-order valence-electron chi connectivity index (χ0n) is 17.1. The Bertz CT molecular complexity index is 902. The maximum Gasteiger partial charge on any atom is 0.261 e. The van der Waals surface area contributed by atoms with E-state index in [1.807, 2.05) is 30.3 Å². The van der Waals surface area contributed by atoms with E-state index in [9.17, 15) is 14.4 Å². The third-order valence-corrected chi connectivity index (χ3v) is 5.64. The highest BCUT2D eigenvalue weighted by Crippen LogP contribution is 2.31. The molecule has 0 saturated carbocycles. The van der Waals surface area contributed by atoms with Gasteiger partial charge in [-0.3, -0.25) is 14.4 Å². The molecule has 1 aromatic heterocycles. The van der Waals surface area contributed by atoms with Gasteiger partial charge < -0.3 is 10.3 Å². The summed E-state index contributed by atoms with van der Waals surface area (Å²) in [5.41, 5.74) is 1.80. The summed E-state index contributed by atoms with van der Waals surface area (Å²) >= 11 is 0. The van der Waals surface area contributed by atoms with Crippen molar-refractivity contribution in [2.24, 2.45) is 0 Å². The van der Waals surface area contributed by atoms with Gasteiger partial charge >= 0.3 is 0 Å². The van der Waals surface area contributed by atoms with E-state index in [-0.39, 0.29) is 17.3 Å². The Balaban J connectivity index is 1.63. The van der Waals surface area contributed by atoms with Crippen LogP contribution >= 0.6 is 0 Å². The molecule has 29 heavy (non-hydrogen) atoms. The fourth-order valence-corrected chi connectivity index (χ4v) is 3.96. The Morgan fingerprint density at radius 2 is 1.76 bits per heavy atom. The Morgan fingerprint density at radius 3 is 2.52 bits per heavy atom. The molecule has 0 bridgehead atoms. The number of aromatic amines is 1. The number of Topliss-reactive ketones (excluding diaryl/α,β-unsaturated/α-hetero) is 1. The fourth-order valence-electron chi connectivity index (χ4n) is 3.96. The topological polar surface area (TPSA) is 79.0 Å². The number of unbranched alkanes of at least 4 members (excludes halogenated alkanes) is 5. The maximum absolute atomic E-state index is 12.7. The molecule has 1 heterocycles. The summed E-state index contributed by atoms with van der Waals surface area (Å²) in [7, 11) is 0. The maximum atomic E-state index is 12.7. The molecule has 5 nitrogen and oxygen atoms in total. The Morgan fingerprint density at radius 1 is 1.03 bits per heavy atom. The largest absolute Gasteiger partial charge is 0.352 e. The summed E-state index contributed by atoms with van der Waals surface area (Å²) in [6, 6.07) is 11.3. The number of rotatable bonds is 9. The second kappa shape index (κ2) is 10.2. The monoisotopic (exact) mass is 394 g/mol. The van der Waals surface area contributed by atoms with E-state index in [4.69, 9.17) is 0 Å². The van der Waals surface area contributed by atoms with Crippen LogP contribution in [0, 0.1) is 0 Å². The molecule has 0 aliphatic heterocycles. The number of fused-ring (bicyclic) bond motifs is 1. The lowest BCUT2D eigenvalue weighted by Gasteiger charge is -2.24. The number of H-pyrrole nitrogens is 1. The zero-order chi connectivity index (χ0) is 20.6. The van der Waals surface area contributed by atoms with Gasteiger partial charge in [-0.25, -0.2) is 0 Å². The number of nitrogens with one attached hydrogen (secondary N) is 2. The molecule has 5 heteroatoms. The molecule has 0 radical (unpaired) electrons. The average molecular weight is 395 g/mol. The van der Waals surface area contributed by atoms with Crippen LogP contribution in [-0.4, -0.2) is 23.2 Å². The second-order valence-corrected chi connectivity index (χ2v) is 7.87. The number of amides is 1. The van der Waals surface area contributed by atoms with Crippen molar-refractivity contribution in [1.29, 1.82) is 0 Å². The summed E-state index contributed by atoms with van der Waals surface area (Å²) in [5.74, 6) is -0.374. The number of benzene rings is 1. The third kappa shape index (κ3) is 5.43. The SMILES string of the molecule is CCCCCCCCNC(=O)c1cc2c([nH]c1=O)C[C@H](c1ccccc1)CC2=O. The van der Waals surface area contributed by atoms with Crippen LogP contribution < -0.4 is 10.9 Å². The molecular weight excluding hydrogens is 364 g/mol. The predicted octanol–water partition coefficient (Wildman–Crippen LogP) is 4.38. The molecule has 1 amide bonds. The van der Waals surface area contributed by atoms with Crippen molar-refractivity contribution in [1.82, 2.24) is 10.3 Å². The van der Waals surface area contributed by atoms with Crippen molar-refractivity contribution in [3.63, 3.8) is 0 Å². The first-order valence-electron chi connectivity index (χ1n) is 10.7. The van der Waals surface area contributed by atoms with Crippen LogP contribution in [0.4, 0.5) is 0 Å². The molecule has 0 spiro atoms. The molecular formula is C24H30N2O3. The van der Waals surface area contributed by atoms with E-state index in [1.54, 1.807) is 0 Å². The molecule has 1 aliphatic carbocycles. The lowest BCUT2D eigenvalue weighted by atomic mass is 9.81. The molecule has 1 aromatic carbocycles. The molecule has 0 fully saturated rings. The van der Waals surface area contributed by atoms with Gasteiger partial charge in [0.25, 0.3) is 11.5 Å². The third-order valence-electron chi connectivity index (χ3n) is 5.64. The van der Waals surface area contributed by atoms with Crippen LogP contribution in [-0.2, 0) is 6.42 Å². The molecule has 0 unspecified atom stereocenters. The number of carbonyl (C=O) groups is 2. The van der Waals surface area contributed by atoms with E-state index in [2.05, 4.69) is 17.2 Å². The molecule has 0 saturated heterocycles. The number of hydrogen-bond donors (Lipinski definition) is 2. The smallest absolute Gasteiger partial charge is 0.261 e. The van der Waals surface area contributed by atoms with Gasteiger partial charge in [0, 0.05) is 24.2 Å². The first kappa shape index (κ1) is 21.0. The number of pyridine rings is 1. The number of aromatic nitrogens is 1. The van der Waals surface area contributed by atoms with Crippen LogP contribution in [0.15, 0.2) is 41.2 Å². The molecule has 2 aromatic rings. The first-order chi connectivity index (χ1) is 14.1. The quantitative estimate of drug-likeness (QED) is 0.620. The standard InChI is InChI=1S/C24H30N2O3/c1-2-3-4-5-6-10-13-25-23(28)20-16-19-21(26-24(20)29)14-18(15-22(19)27)17-11-8-7-9-12-17/h7-9,11-12,16,18H,2-6,10,13-15H2,1H3,(H,25,28)(H,26,29)/t18-/m0/s1. The normalized spacial score (nSPS) is 15.8. The highest BCUT2D eigenvalue weighted by Gasteiger charge is 2.28. The van der Waals surface area contributed by atoms with Gasteiger partial charge in [-0.1, -0.05) is 69.4 Å². The minimum absolute atomic E-state index is 0.0265. The van der Waals surface area contributed by atoms with Crippen LogP contribution in [0.2, 0.25) is 0 Å². The average Bonchev–Trinajstić information content (AvgIpc) is 2.73. The van der Waals surface area contributed by atoms with Gasteiger partial charge in [-0.05, 0) is 30.4 Å². The predicted molar refractivity (Wildman–Crippen MR) is 115 cm³/mol. The van der Waals surface area contributed by atoms with Crippen molar-refractivity contribution in [3.8, 4) is 0 Å². The summed E-state index contributed by atoms with van der Waals surface area (Å²) in [4.78, 5) is 40.4. The molecule has 3 rings (SSSR count). The van der Waals surface area contributed by atoms with Crippen molar-refractivity contribution in [3.05, 3.63) is 69.1 Å². The van der Waals surface area contributed by atoms with E-state index in [0.29, 0.717) is 30.6 Å². The first-order valence-corrected chi connectivity index (χ1v) is 10.7. The molecule has 154 valence electrons. The van der Waals surface area contributed by atoms with E-state index < -0.39 is 11.5 Å². The van der Waals surface area contributed by atoms with Crippen molar-refractivity contribution in [2.45, 2.75) is 64.2 Å². The van der Waals surface area contributed by atoms with Crippen molar-refractivity contribution >= 4 is 11.7 Å². The van der Waals surface area contributed by atoms with E-state index in [1.165, 1.54) is 31.7 Å². The van der Waals surface area contributed by atoms with Gasteiger partial charge in [0.15, 0.2) is 5.78 Å². The van der Waals surface area contributed by atoms with Crippen LogP contribution in [0.3, 0.4) is 0 Å². The number of carbonyl (C=O) groups excluding carboxylic acids is 2. The van der Waals surface area contributed by atoms with Gasteiger partial charge in [0.2, 0.25) is 0 Å². The highest BCUT2D eigenvalue weighted by molar-refractivity contribution is 6.02. The highest BCUT2D eigenvalue weighted by atomic mass is 16.2. The molecule has 1 atom stereocenters. The second-order valence-electron chi connectivity index (χ2n) is 7.87. The lowest BCUT2D eigenvalue weighted by Crippen LogP contribution is -2.33. The van der Waals surface area contributed by atoms with Crippen LogP contribution in [0.1, 0.15) is 89.8 Å². The zero-order valence-corrected chi connectivity index (χ0v) is 17.1. The Labute approximate surface area is 171 Å². The Hall–Kier alpha value is -2.69. The van der Waals surface area contributed by atoms with Gasteiger partial charge in [0.05, 0.1) is 0 Å². The summed E-state index contributed by atoms with van der Waals surface area (Å²) in [5, 5.41) is 2.82. The summed E-state index contributed by atoms with van der Waals surface area (Å²) in [6.45, 7) is 2.73. The Kier molecular flexibility index (Phi) is 7.39. The van der Waals surface area contributed by atoms with Gasteiger partial charge in [-0.2, -0.15) is 0 Å². The fraction of sp³-hybridized carbons (Fsp3) is 0.458. The van der Waals surface area contributed by atoms with E-state index in [0.717, 1.165) is 18.4 Å². The lowest BCUT2D eigenvalue weighted by molar-refractivity contribution is 0.0951. The van der Waals surface area contributed by atoms with Crippen LogP contribution in [0.5, 0.6) is 0 Å². The number of hydrogen-bond acceptors (Lipinski definition) is 3. The minimum atomic E-state index is -0.425. The summed E-state index contributed by atoms with van der Waals surface area (Å²) in [6.07, 6.45) is 7.80. The molecule has 2 N–H and O–H groups in total. The van der Waals surface area contributed by atoms with Gasteiger partial charge in [-0.15, -0.1) is 0 Å². The van der Waals surface area contributed by atoms with Gasteiger partial charge in [0.1, 0.15) is 5.56 Å². The minimum Gasteiger partial charge on any atom is -0.352 e. The summed E-state index contributed by atoms with van der Waals surface area (Å²) < 4.78 is 0. The van der Waals surface area contributed by atoms with E-state index >= 15 is 0 Å². The van der Waals surface area contributed by atoms with Crippen LogP contribution in [0.25, 0.3) is 0 Å².